The SMILES string of the molecule is CN(C)P(Cl)Cl. The van der Waals surface area contributed by atoms with Crippen LogP contribution in [0.5, 0.6) is 0 Å². The fourth-order valence-electron chi connectivity index (χ4n) is 0. The topological polar surface area (TPSA) is 3.24 Å². The van der Waals surface area contributed by atoms with Gasteiger partial charge in [0.05, 0.1) is 0 Å². The monoisotopic (exact) mass is 145 g/mol. The molecule has 0 aromatic heterocycles. The van der Waals surface area contributed by atoms with Gasteiger partial charge in [-0.15, -0.1) is 0 Å². The first-order chi connectivity index (χ1) is 2.64. The van der Waals surface area contributed by atoms with Crippen molar-refractivity contribution in [2.45, 2.75) is 0 Å². The molecule has 0 saturated carbocycles. The lowest BCUT2D eigenvalue weighted by molar-refractivity contribution is 0.696. The van der Waals surface area contributed by atoms with Gasteiger partial charge in [0, 0.05) is 0 Å². The van der Waals surface area contributed by atoms with E-state index in [1.165, 1.54) is 0 Å². The van der Waals surface area contributed by atoms with Crippen LogP contribution in [0.2, 0.25) is 0 Å². The molecule has 0 rings (SSSR count). The summed E-state index contributed by atoms with van der Waals surface area (Å²) in [5.41, 5.74) is 0. The molecule has 0 atom stereocenters. The number of halogens is 2. The summed E-state index contributed by atoms with van der Waals surface area (Å²) in [6.07, 6.45) is 0. The van der Waals surface area contributed by atoms with Crippen molar-refractivity contribution in [3.63, 3.8) is 0 Å². The molecule has 0 bridgehead atoms. The summed E-state index contributed by atoms with van der Waals surface area (Å²) in [7, 11) is 3.68. The summed E-state index contributed by atoms with van der Waals surface area (Å²) in [5.74, 6) is 0. The van der Waals surface area contributed by atoms with Crippen molar-refractivity contribution < 1.29 is 0 Å². The lowest BCUT2D eigenvalue weighted by Gasteiger charge is -2.06. The molecule has 0 amide bonds. The molecule has 4 heteroatoms. The van der Waals surface area contributed by atoms with Crippen LogP contribution in [-0.2, 0) is 0 Å². The maximum Gasteiger partial charge on any atom is 0.159 e. The summed E-state index contributed by atoms with van der Waals surface area (Å²) >= 11 is 10.7. The molecule has 0 aliphatic rings. The van der Waals surface area contributed by atoms with E-state index in [1.807, 2.05) is 14.1 Å². The summed E-state index contributed by atoms with van der Waals surface area (Å²) in [4.78, 5) is 0. The van der Waals surface area contributed by atoms with Crippen molar-refractivity contribution in [1.82, 2.24) is 4.67 Å². The van der Waals surface area contributed by atoms with Crippen LogP contribution in [0.15, 0.2) is 0 Å². The Morgan fingerprint density at radius 2 is 1.50 bits per heavy atom. The van der Waals surface area contributed by atoms with Crippen molar-refractivity contribution in [2.75, 3.05) is 14.1 Å². The zero-order chi connectivity index (χ0) is 5.15. The molecule has 0 N–H and O–H groups in total. The van der Waals surface area contributed by atoms with Crippen LogP contribution in [0.3, 0.4) is 0 Å². The van der Waals surface area contributed by atoms with Gasteiger partial charge >= 0.3 is 0 Å². The van der Waals surface area contributed by atoms with Gasteiger partial charge in [-0.2, -0.15) is 0 Å². The van der Waals surface area contributed by atoms with E-state index in [-0.39, 0.29) is 0 Å². The Bertz CT molecular complexity index is 32.5. The smallest absolute Gasteiger partial charge is 0.159 e. The first-order valence-electron chi connectivity index (χ1n) is 1.43. The Morgan fingerprint density at radius 1 is 1.33 bits per heavy atom. The molecule has 38 valence electrons. The van der Waals surface area contributed by atoms with E-state index >= 15 is 0 Å². The van der Waals surface area contributed by atoms with E-state index in [9.17, 15) is 0 Å². The quantitative estimate of drug-likeness (QED) is 0.512. The molecule has 0 fully saturated rings. The van der Waals surface area contributed by atoms with Gasteiger partial charge < -0.3 is 0 Å². The van der Waals surface area contributed by atoms with Gasteiger partial charge in [0.25, 0.3) is 0 Å². The molecule has 0 aliphatic heterocycles. The van der Waals surface area contributed by atoms with Crippen LogP contribution >= 0.6 is 29.3 Å². The van der Waals surface area contributed by atoms with Crippen LogP contribution in [0.4, 0.5) is 0 Å². The van der Waals surface area contributed by atoms with E-state index in [4.69, 9.17) is 22.5 Å². The number of rotatable bonds is 1. The Balaban J connectivity index is 2.99. The second kappa shape index (κ2) is 3.04. The van der Waals surface area contributed by atoms with Crippen LogP contribution < -0.4 is 0 Å². The molecule has 0 aliphatic carbocycles. The van der Waals surface area contributed by atoms with E-state index < -0.39 is 6.78 Å². The summed E-state index contributed by atoms with van der Waals surface area (Å²) in [6, 6.07) is 0. The minimum Gasteiger partial charge on any atom is -0.264 e. The Hall–Kier alpha value is 0.970. The largest absolute Gasteiger partial charge is 0.264 e. The maximum atomic E-state index is 5.37. The number of hydrogen-bond acceptors (Lipinski definition) is 1. The van der Waals surface area contributed by atoms with Crippen LogP contribution in [0.25, 0.3) is 0 Å². The minimum atomic E-state index is -0.882. The highest BCUT2D eigenvalue weighted by atomic mass is 35.9. The molecular formula is C2H6Cl2NP. The molecule has 0 spiro atoms. The first kappa shape index (κ1) is 6.97. The molecule has 6 heavy (non-hydrogen) atoms. The molecule has 0 unspecified atom stereocenters. The van der Waals surface area contributed by atoms with Crippen molar-refractivity contribution in [3.05, 3.63) is 0 Å². The summed E-state index contributed by atoms with van der Waals surface area (Å²) in [6.45, 7) is -0.882. The van der Waals surface area contributed by atoms with E-state index in [2.05, 4.69) is 0 Å². The molecule has 0 saturated heterocycles. The third kappa shape index (κ3) is 3.17. The van der Waals surface area contributed by atoms with Gasteiger partial charge in [-0.25, -0.2) is 0 Å². The molecule has 0 aromatic carbocycles. The Labute approximate surface area is 48.6 Å². The van der Waals surface area contributed by atoms with Crippen LogP contribution in [0, 0.1) is 0 Å². The average molecular weight is 146 g/mol. The molecular weight excluding hydrogens is 140 g/mol. The normalized spacial score (nSPS) is 11.0. The highest BCUT2D eigenvalue weighted by Crippen LogP contribution is 2.47. The zero-order valence-corrected chi connectivity index (χ0v) is 6.06. The van der Waals surface area contributed by atoms with Gasteiger partial charge in [0.2, 0.25) is 0 Å². The fraction of sp³-hybridized carbons (Fsp3) is 1.00. The minimum absolute atomic E-state index is 0.882. The second-order valence-electron chi connectivity index (χ2n) is 1.06. The summed E-state index contributed by atoms with van der Waals surface area (Å²) in [5, 5.41) is 0. The first-order valence-corrected chi connectivity index (χ1v) is 4.54. The molecule has 0 aromatic rings. The van der Waals surface area contributed by atoms with Crippen molar-refractivity contribution in [3.8, 4) is 0 Å². The van der Waals surface area contributed by atoms with Crippen molar-refractivity contribution >= 4 is 29.3 Å². The predicted octanol–water partition coefficient (Wildman–Crippen LogP) is 2.25. The third-order valence-electron chi connectivity index (χ3n) is 0.302. The van der Waals surface area contributed by atoms with Crippen molar-refractivity contribution in [1.29, 1.82) is 0 Å². The molecule has 0 heterocycles. The Morgan fingerprint density at radius 3 is 1.50 bits per heavy atom. The van der Waals surface area contributed by atoms with E-state index in [0.29, 0.717) is 0 Å². The maximum absolute atomic E-state index is 5.37. The van der Waals surface area contributed by atoms with Gasteiger partial charge in [0.15, 0.2) is 6.78 Å². The van der Waals surface area contributed by atoms with Crippen molar-refractivity contribution in [2.24, 2.45) is 0 Å². The predicted molar refractivity (Wildman–Crippen MR) is 32.3 cm³/mol. The lowest BCUT2D eigenvalue weighted by Crippen LogP contribution is -1.95. The van der Waals surface area contributed by atoms with Gasteiger partial charge in [-0.1, -0.05) is 22.5 Å². The Kier molecular flexibility index (Phi) is 3.53. The highest BCUT2D eigenvalue weighted by Gasteiger charge is 1.97. The van der Waals surface area contributed by atoms with E-state index in [0.717, 1.165) is 0 Å². The molecule has 1 nitrogen and oxygen atoms in total. The average Bonchev–Trinajstić information content (AvgIpc) is 1.36. The second-order valence-corrected chi connectivity index (χ2v) is 4.73. The number of hydrogen-bond donors (Lipinski definition) is 0. The standard InChI is InChI=1S/C2H6Cl2NP/c1-5(2)6(3)4/h1-2H3. The van der Waals surface area contributed by atoms with Gasteiger partial charge in [0.1, 0.15) is 0 Å². The zero-order valence-electron chi connectivity index (χ0n) is 3.65. The highest BCUT2D eigenvalue weighted by molar-refractivity contribution is 8.02. The third-order valence-corrected chi connectivity index (χ3v) is 2.72. The van der Waals surface area contributed by atoms with Crippen LogP contribution in [-0.4, -0.2) is 18.8 Å². The van der Waals surface area contributed by atoms with E-state index in [1.54, 1.807) is 4.67 Å². The fourth-order valence-corrected chi connectivity index (χ4v) is 0. The van der Waals surface area contributed by atoms with Gasteiger partial charge in [-0.05, 0) is 14.1 Å². The number of nitrogens with zero attached hydrogens (tertiary/aromatic N) is 1. The molecule has 0 radical (unpaired) electrons. The summed E-state index contributed by atoms with van der Waals surface area (Å²) < 4.78 is 1.76. The van der Waals surface area contributed by atoms with Crippen LogP contribution in [0.1, 0.15) is 0 Å². The van der Waals surface area contributed by atoms with Gasteiger partial charge in [-0.3, -0.25) is 4.67 Å². The lowest BCUT2D eigenvalue weighted by atomic mass is 11.3.